The van der Waals surface area contributed by atoms with Crippen LogP contribution in [0.1, 0.15) is 36.8 Å². The Kier molecular flexibility index (Phi) is 10.9. The molecule has 0 unspecified atom stereocenters. The fourth-order valence-corrected chi connectivity index (χ4v) is 5.87. The van der Waals surface area contributed by atoms with Crippen LogP contribution in [0.15, 0.2) is 41.4 Å². The van der Waals surface area contributed by atoms with Crippen LogP contribution in [-0.2, 0) is 16.4 Å². The van der Waals surface area contributed by atoms with Crippen molar-refractivity contribution >= 4 is 29.2 Å². The number of nitrogens with zero attached hydrogens (tertiary/aromatic N) is 3. The number of likely N-dealkylation sites (N-methyl/N-ethyl adjacent to an activating group) is 1. The number of rotatable bonds is 5. The highest BCUT2D eigenvalue weighted by Crippen LogP contribution is 2.50. The van der Waals surface area contributed by atoms with Gasteiger partial charge >= 0.3 is 18.3 Å². The van der Waals surface area contributed by atoms with E-state index in [1.807, 2.05) is 12.3 Å². The summed E-state index contributed by atoms with van der Waals surface area (Å²) in [5, 5.41) is 21.3. The maximum atomic E-state index is 13.3. The molecule has 2 aromatic rings. The van der Waals surface area contributed by atoms with Crippen molar-refractivity contribution in [1.82, 2.24) is 10.2 Å². The third-order valence-electron chi connectivity index (χ3n) is 7.72. The average molecular weight is 650 g/mol. The van der Waals surface area contributed by atoms with Gasteiger partial charge in [0.1, 0.15) is 0 Å². The molecule has 1 aliphatic carbocycles. The van der Waals surface area contributed by atoms with E-state index in [0.717, 1.165) is 38.3 Å². The minimum atomic E-state index is -5.08. The zero-order valence-corrected chi connectivity index (χ0v) is 24.6. The van der Waals surface area contributed by atoms with Crippen LogP contribution in [0, 0.1) is 11.5 Å². The van der Waals surface area contributed by atoms with Gasteiger partial charge in [0, 0.05) is 17.1 Å². The number of carboxylic acid groups (broad SMARTS) is 1. The predicted molar refractivity (Wildman–Crippen MR) is 150 cm³/mol. The molecule has 2 aliphatic rings. The third-order valence-corrected chi connectivity index (χ3v) is 8.05. The van der Waals surface area contributed by atoms with Gasteiger partial charge in [-0.05, 0) is 75.2 Å². The molecule has 4 rings (SSSR count). The van der Waals surface area contributed by atoms with Gasteiger partial charge in [-0.15, -0.1) is 0 Å². The fraction of sp³-hybridized carbons (Fsp3) is 0.464. The Morgan fingerprint density at radius 3 is 2.34 bits per heavy atom. The van der Waals surface area contributed by atoms with Crippen LogP contribution < -0.4 is 20.1 Å². The average Bonchev–Trinajstić information content (AvgIpc) is 3.29. The molecule has 1 saturated carbocycles. The van der Waals surface area contributed by atoms with Gasteiger partial charge < -0.3 is 24.8 Å². The van der Waals surface area contributed by atoms with Crippen molar-refractivity contribution < 1.29 is 45.7 Å². The first-order valence-electron chi connectivity index (χ1n) is 13.1. The molecule has 1 saturated heterocycles. The number of halogens is 7. The van der Waals surface area contributed by atoms with Gasteiger partial charge in [-0.2, -0.15) is 31.6 Å². The van der Waals surface area contributed by atoms with Crippen molar-refractivity contribution in [2.75, 3.05) is 33.1 Å². The lowest BCUT2D eigenvalue weighted by atomic mass is 9.65. The molecule has 0 radical (unpaired) electrons. The predicted octanol–water partition coefficient (Wildman–Crippen LogP) is 6.04. The zero-order chi connectivity index (χ0) is 32.9. The first-order valence-corrected chi connectivity index (χ1v) is 13.5. The highest BCUT2D eigenvalue weighted by molar-refractivity contribution is 6.31. The number of nitriles is 1. The molecule has 2 fully saturated rings. The third kappa shape index (κ3) is 7.97. The van der Waals surface area contributed by atoms with Crippen molar-refractivity contribution in [3.63, 3.8) is 0 Å². The molecule has 1 aliphatic heterocycles. The zero-order valence-electron chi connectivity index (χ0n) is 23.8. The van der Waals surface area contributed by atoms with E-state index in [4.69, 9.17) is 36.0 Å². The summed E-state index contributed by atoms with van der Waals surface area (Å²) in [6, 6.07) is 9.65. The summed E-state index contributed by atoms with van der Waals surface area (Å²) in [7, 11) is 5.33. The molecule has 0 amide bonds. The largest absolute Gasteiger partial charge is 0.493 e. The molecule has 3 atom stereocenters. The lowest BCUT2D eigenvalue weighted by molar-refractivity contribution is -0.192. The highest BCUT2D eigenvalue weighted by atomic mass is 35.5. The molecular weight excluding hydrogens is 620 g/mol. The first kappa shape index (κ1) is 34.6. The van der Waals surface area contributed by atoms with E-state index in [0.29, 0.717) is 11.5 Å². The number of carbonyl (C=O) groups is 1. The van der Waals surface area contributed by atoms with Crippen molar-refractivity contribution in [1.29, 1.82) is 5.26 Å². The summed E-state index contributed by atoms with van der Waals surface area (Å²) in [5.41, 5.74) is 0.289. The molecule has 44 heavy (non-hydrogen) atoms. The Morgan fingerprint density at radius 1 is 1.11 bits per heavy atom. The van der Waals surface area contributed by atoms with Crippen LogP contribution in [0.3, 0.4) is 0 Å². The Balaban J connectivity index is 0.000000676. The molecule has 3 N–H and O–H groups in total. The number of aliphatic imine (C=N–C) groups is 1. The number of ether oxygens (including phenoxy) is 2. The molecule has 0 aromatic heterocycles. The monoisotopic (exact) mass is 649 g/mol. The van der Waals surface area contributed by atoms with Crippen molar-refractivity contribution in [2.45, 2.75) is 55.5 Å². The SMILES string of the molecule is COc1ccc([C@@]23CC[C@@H](N=C(NC#N)Nc4ccc(Cl)c(C(F)(F)F)c4)C[C@@H]2N(C)CC3)cc1OC.O=C(O)C(F)(F)F. The molecule has 240 valence electrons. The second kappa shape index (κ2) is 13.8. The number of benzene rings is 2. The number of aliphatic carboxylic acids is 1. The summed E-state index contributed by atoms with van der Waals surface area (Å²) in [4.78, 5) is 15.9. The molecule has 1 heterocycles. The second-order valence-corrected chi connectivity index (χ2v) is 10.6. The van der Waals surface area contributed by atoms with Gasteiger partial charge in [0.2, 0.25) is 5.96 Å². The summed E-state index contributed by atoms with van der Waals surface area (Å²) >= 11 is 5.73. The normalized spacial score (nSPS) is 22.2. The van der Waals surface area contributed by atoms with Crippen LogP contribution >= 0.6 is 11.6 Å². The van der Waals surface area contributed by atoms with Gasteiger partial charge in [0.05, 0.1) is 30.8 Å². The van der Waals surface area contributed by atoms with E-state index in [1.165, 1.54) is 17.7 Å². The Labute approximate surface area is 254 Å². The van der Waals surface area contributed by atoms with Gasteiger partial charge in [0.25, 0.3) is 0 Å². The van der Waals surface area contributed by atoms with Crippen LogP contribution in [0.4, 0.5) is 32.0 Å². The number of alkyl halides is 6. The lowest BCUT2D eigenvalue weighted by Crippen LogP contribution is -2.47. The van der Waals surface area contributed by atoms with Crippen LogP contribution in [-0.4, -0.2) is 68.0 Å². The number of carboxylic acids is 1. The van der Waals surface area contributed by atoms with E-state index < -0.39 is 28.9 Å². The van der Waals surface area contributed by atoms with Crippen LogP contribution in [0.25, 0.3) is 0 Å². The van der Waals surface area contributed by atoms with Crippen molar-refractivity contribution in [2.24, 2.45) is 4.99 Å². The number of hydrogen-bond acceptors (Lipinski definition) is 6. The number of anilines is 1. The Bertz CT molecular complexity index is 1410. The number of fused-ring (bicyclic) bond motifs is 1. The van der Waals surface area contributed by atoms with E-state index in [-0.39, 0.29) is 29.1 Å². The summed E-state index contributed by atoms with van der Waals surface area (Å²) in [5.74, 6) is -1.29. The summed E-state index contributed by atoms with van der Waals surface area (Å²) < 4.78 is 82.5. The number of hydrogen-bond donors (Lipinski definition) is 3. The smallest absolute Gasteiger partial charge is 0.490 e. The highest BCUT2D eigenvalue weighted by Gasteiger charge is 2.50. The second-order valence-electron chi connectivity index (χ2n) is 10.2. The number of likely N-dealkylation sites (tertiary alicyclic amines) is 1. The Morgan fingerprint density at radius 2 is 1.77 bits per heavy atom. The van der Waals surface area contributed by atoms with Crippen LogP contribution in [0.5, 0.6) is 11.5 Å². The van der Waals surface area contributed by atoms with E-state index in [9.17, 15) is 31.6 Å². The van der Waals surface area contributed by atoms with Crippen molar-refractivity contribution in [3.05, 3.63) is 52.5 Å². The maximum Gasteiger partial charge on any atom is 0.490 e. The minimum absolute atomic E-state index is 0.0750. The van der Waals surface area contributed by atoms with Crippen molar-refractivity contribution in [3.8, 4) is 17.7 Å². The summed E-state index contributed by atoms with van der Waals surface area (Å²) in [6.45, 7) is 0.933. The fourth-order valence-electron chi connectivity index (χ4n) is 5.65. The molecular formula is C28H30ClF6N5O4. The Hall–Kier alpha value is -3.90. The standard InChI is InChI=1S/C26H29ClF3N5O2.C2HF3O2/c1-35-11-10-25(16-4-7-21(36-2)22(12-16)37-3)9-8-18(14-23(25)35)34-24(32-15-31)33-17-5-6-20(27)19(13-17)26(28,29)30;3-2(4,5)1(6)7/h4-7,12-13,18,23H,8-11,14H2,1-3H3,(H2,32,33,34);(H,6,7)/t18-,23+,25+;/m1./s1. The number of methoxy groups -OCH3 is 2. The molecule has 2 aromatic carbocycles. The van der Waals surface area contributed by atoms with Gasteiger partial charge in [-0.1, -0.05) is 17.7 Å². The first-order chi connectivity index (χ1) is 20.5. The molecule has 16 heteroatoms. The number of guanidine groups is 1. The lowest BCUT2D eigenvalue weighted by Gasteiger charge is -2.44. The van der Waals surface area contributed by atoms with Gasteiger partial charge in [-0.25, -0.2) is 9.79 Å². The minimum Gasteiger partial charge on any atom is -0.493 e. The topological polar surface area (TPSA) is 119 Å². The quantitative estimate of drug-likeness (QED) is 0.118. The molecule has 0 spiro atoms. The molecule has 9 nitrogen and oxygen atoms in total. The number of nitrogens with one attached hydrogen (secondary N) is 2. The summed E-state index contributed by atoms with van der Waals surface area (Å²) in [6.07, 6.45) is -4.52. The van der Waals surface area contributed by atoms with Gasteiger partial charge in [0.15, 0.2) is 17.7 Å². The van der Waals surface area contributed by atoms with E-state index in [2.05, 4.69) is 34.7 Å². The maximum absolute atomic E-state index is 13.3. The van der Waals surface area contributed by atoms with Crippen LogP contribution in [0.2, 0.25) is 5.02 Å². The van der Waals surface area contributed by atoms with E-state index >= 15 is 0 Å². The van der Waals surface area contributed by atoms with Gasteiger partial charge in [-0.3, -0.25) is 5.32 Å². The van der Waals surface area contributed by atoms with E-state index in [1.54, 1.807) is 14.2 Å². The molecule has 0 bridgehead atoms.